The number of carbonyl (C=O) groups excluding carboxylic acids is 1. The van der Waals surface area contributed by atoms with Crippen LogP contribution in [0.1, 0.15) is 12.0 Å². The van der Waals surface area contributed by atoms with Gasteiger partial charge in [0.1, 0.15) is 10.6 Å². The molecule has 0 aromatic heterocycles. The number of benzene rings is 1. The lowest BCUT2D eigenvalue weighted by molar-refractivity contribution is 0.126. The Bertz CT molecular complexity index is 674. The van der Waals surface area contributed by atoms with Gasteiger partial charge in [-0.2, -0.15) is 4.31 Å². The van der Waals surface area contributed by atoms with Gasteiger partial charge in [-0.25, -0.2) is 13.2 Å². The molecule has 1 amide bonds. The van der Waals surface area contributed by atoms with Crippen molar-refractivity contribution < 1.29 is 22.7 Å². The minimum Gasteiger partial charge on any atom is -0.495 e. The molecule has 1 fully saturated rings. The number of ether oxygens (including phenoxy) is 2. The maximum atomic E-state index is 12.9. The monoisotopic (exact) mass is 342 g/mol. The van der Waals surface area contributed by atoms with Crippen LogP contribution in [-0.2, 0) is 14.8 Å². The second-order valence-corrected chi connectivity index (χ2v) is 7.28. The van der Waals surface area contributed by atoms with E-state index in [4.69, 9.17) is 9.47 Å². The number of carbonyl (C=O) groups is 1. The molecule has 0 bridgehead atoms. The van der Waals surface area contributed by atoms with Gasteiger partial charge in [0.2, 0.25) is 10.0 Å². The largest absolute Gasteiger partial charge is 0.495 e. The Labute approximate surface area is 136 Å². The highest BCUT2D eigenvalue weighted by atomic mass is 32.2. The van der Waals surface area contributed by atoms with Crippen LogP contribution in [0.2, 0.25) is 0 Å². The summed E-state index contributed by atoms with van der Waals surface area (Å²) >= 11 is 0. The van der Waals surface area contributed by atoms with Gasteiger partial charge in [0.25, 0.3) is 0 Å². The second-order valence-electron chi connectivity index (χ2n) is 5.37. The van der Waals surface area contributed by atoms with Crippen molar-refractivity contribution in [3.63, 3.8) is 0 Å². The van der Waals surface area contributed by atoms with Crippen LogP contribution in [0.25, 0.3) is 0 Å². The molecular weight excluding hydrogens is 320 g/mol. The van der Waals surface area contributed by atoms with Crippen molar-refractivity contribution in [2.75, 3.05) is 40.4 Å². The predicted octanol–water partition coefficient (Wildman–Crippen LogP) is 1.47. The Morgan fingerprint density at radius 3 is 2.52 bits per heavy atom. The second kappa shape index (κ2) is 7.18. The molecule has 1 aromatic rings. The van der Waals surface area contributed by atoms with E-state index in [1.165, 1.54) is 23.4 Å². The van der Waals surface area contributed by atoms with E-state index in [1.54, 1.807) is 18.2 Å². The van der Waals surface area contributed by atoms with E-state index in [9.17, 15) is 13.2 Å². The summed E-state index contributed by atoms with van der Waals surface area (Å²) in [5, 5.41) is 0. The molecule has 7 nitrogen and oxygen atoms in total. The van der Waals surface area contributed by atoms with Crippen LogP contribution in [-0.4, -0.2) is 64.1 Å². The first-order chi connectivity index (χ1) is 10.9. The SMILES string of the molecule is COC(=O)N1CCCN(S(=O)(=O)c2cc(C)ccc2OC)CC1. The van der Waals surface area contributed by atoms with Crippen molar-refractivity contribution in [1.82, 2.24) is 9.21 Å². The van der Waals surface area contributed by atoms with Gasteiger partial charge in [-0.05, 0) is 31.0 Å². The summed E-state index contributed by atoms with van der Waals surface area (Å²) in [4.78, 5) is 13.3. The number of methoxy groups -OCH3 is 2. The molecule has 0 aliphatic carbocycles. The molecule has 1 aliphatic heterocycles. The summed E-state index contributed by atoms with van der Waals surface area (Å²) in [7, 11) is -0.909. The lowest BCUT2D eigenvalue weighted by Crippen LogP contribution is -2.37. The Balaban J connectivity index is 2.27. The van der Waals surface area contributed by atoms with Gasteiger partial charge in [-0.15, -0.1) is 0 Å². The van der Waals surface area contributed by atoms with Gasteiger partial charge in [0.05, 0.1) is 14.2 Å². The van der Waals surface area contributed by atoms with E-state index >= 15 is 0 Å². The number of hydrogen-bond acceptors (Lipinski definition) is 5. The van der Waals surface area contributed by atoms with Crippen LogP contribution in [0, 0.1) is 6.92 Å². The van der Waals surface area contributed by atoms with E-state index in [0.29, 0.717) is 31.8 Å². The molecule has 1 aliphatic rings. The smallest absolute Gasteiger partial charge is 0.409 e. The van der Waals surface area contributed by atoms with E-state index in [-0.39, 0.29) is 11.4 Å². The molecule has 2 rings (SSSR count). The van der Waals surface area contributed by atoms with Gasteiger partial charge >= 0.3 is 6.09 Å². The Morgan fingerprint density at radius 2 is 1.87 bits per heavy atom. The summed E-state index contributed by atoms with van der Waals surface area (Å²) in [5.74, 6) is 0.324. The Kier molecular flexibility index (Phi) is 5.48. The number of hydrogen-bond donors (Lipinski definition) is 0. The maximum Gasteiger partial charge on any atom is 0.409 e. The van der Waals surface area contributed by atoms with Crippen molar-refractivity contribution in [2.45, 2.75) is 18.2 Å². The highest BCUT2D eigenvalue weighted by Crippen LogP contribution is 2.28. The van der Waals surface area contributed by atoms with E-state index < -0.39 is 16.1 Å². The van der Waals surface area contributed by atoms with Crippen molar-refractivity contribution in [2.24, 2.45) is 0 Å². The summed E-state index contributed by atoms with van der Waals surface area (Å²) in [6.07, 6.45) is 0.125. The van der Waals surface area contributed by atoms with Crippen LogP contribution in [0.4, 0.5) is 4.79 Å². The van der Waals surface area contributed by atoms with Crippen LogP contribution in [0.5, 0.6) is 5.75 Å². The number of nitrogens with zero attached hydrogens (tertiary/aromatic N) is 2. The summed E-state index contributed by atoms with van der Waals surface area (Å²) in [5.41, 5.74) is 0.843. The van der Waals surface area contributed by atoms with Gasteiger partial charge in [-0.1, -0.05) is 6.07 Å². The Hall–Kier alpha value is -1.80. The number of rotatable bonds is 3. The van der Waals surface area contributed by atoms with Crippen molar-refractivity contribution in [3.8, 4) is 5.75 Å². The molecule has 23 heavy (non-hydrogen) atoms. The van der Waals surface area contributed by atoms with Crippen molar-refractivity contribution >= 4 is 16.1 Å². The van der Waals surface area contributed by atoms with E-state index in [1.807, 2.05) is 6.92 Å². The highest BCUT2D eigenvalue weighted by Gasteiger charge is 2.30. The molecule has 128 valence electrons. The quantitative estimate of drug-likeness (QED) is 0.831. The van der Waals surface area contributed by atoms with Crippen molar-refractivity contribution in [3.05, 3.63) is 23.8 Å². The first kappa shape index (κ1) is 17.6. The summed E-state index contributed by atoms with van der Waals surface area (Å²) < 4.78 is 37.2. The molecule has 0 unspecified atom stereocenters. The van der Waals surface area contributed by atoms with Gasteiger partial charge in [0.15, 0.2) is 0 Å². The number of sulfonamides is 1. The minimum atomic E-state index is -3.68. The zero-order chi connectivity index (χ0) is 17.0. The third-order valence-corrected chi connectivity index (χ3v) is 5.74. The topological polar surface area (TPSA) is 76.2 Å². The van der Waals surface area contributed by atoms with Crippen LogP contribution < -0.4 is 4.74 Å². The normalized spacial score (nSPS) is 16.7. The summed E-state index contributed by atoms with van der Waals surface area (Å²) in [6.45, 7) is 3.20. The molecular formula is C15H22N2O5S. The lowest BCUT2D eigenvalue weighted by Gasteiger charge is -2.22. The average molecular weight is 342 g/mol. The van der Waals surface area contributed by atoms with Crippen LogP contribution in [0.3, 0.4) is 0 Å². The van der Waals surface area contributed by atoms with Gasteiger partial charge < -0.3 is 14.4 Å². The predicted molar refractivity (Wildman–Crippen MR) is 85.1 cm³/mol. The average Bonchev–Trinajstić information content (AvgIpc) is 2.80. The van der Waals surface area contributed by atoms with Gasteiger partial charge in [-0.3, -0.25) is 0 Å². The molecule has 1 saturated heterocycles. The van der Waals surface area contributed by atoms with Crippen LogP contribution in [0.15, 0.2) is 23.1 Å². The molecule has 0 spiro atoms. The summed E-state index contributed by atoms with van der Waals surface area (Å²) in [6, 6.07) is 5.07. The molecule has 1 heterocycles. The van der Waals surface area contributed by atoms with E-state index in [2.05, 4.69) is 0 Å². The molecule has 0 N–H and O–H groups in total. The zero-order valence-electron chi connectivity index (χ0n) is 13.6. The fourth-order valence-corrected chi connectivity index (χ4v) is 4.28. The standard InChI is InChI=1S/C15H22N2O5S/c1-12-5-6-13(21-2)14(11-12)23(19,20)17-8-4-7-16(9-10-17)15(18)22-3/h5-6,11H,4,7-10H2,1-3H3. The highest BCUT2D eigenvalue weighted by molar-refractivity contribution is 7.89. The van der Waals surface area contributed by atoms with Crippen LogP contribution >= 0.6 is 0 Å². The molecule has 1 aromatic carbocycles. The molecule has 0 saturated carbocycles. The zero-order valence-corrected chi connectivity index (χ0v) is 14.4. The maximum absolute atomic E-state index is 12.9. The van der Waals surface area contributed by atoms with Gasteiger partial charge in [0, 0.05) is 26.2 Å². The first-order valence-electron chi connectivity index (χ1n) is 7.38. The third-order valence-electron chi connectivity index (χ3n) is 3.82. The number of amides is 1. The Morgan fingerprint density at radius 1 is 1.13 bits per heavy atom. The molecule has 0 radical (unpaired) electrons. The lowest BCUT2D eigenvalue weighted by atomic mass is 10.2. The molecule has 0 atom stereocenters. The number of aryl methyl sites for hydroxylation is 1. The third kappa shape index (κ3) is 3.76. The fraction of sp³-hybridized carbons (Fsp3) is 0.533. The van der Waals surface area contributed by atoms with E-state index in [0.717, 1.165) is 5.56 Å². The minimum absolute atomic E-state index is 0.159. The fourth-order valence-electron chi connectivity index (χ4n) is 2.57. The molecule has 8 heteroatoms. The van der Waals surface area contributed by atoms with Crippen molar-refractivity contribution in [1.29, 1.82) is 0 Å². The first-order valence-corrected chi connectivity index (χ1v) is 8.82.